The number of hydrogen-bond acceptors (Lipinski definition) is 2. The Hall–Kier alpha value is -0.550. The highest BCUT2D eigenvalue weighted by atomic mass is 14.9. The van der Waals surface area contributed by atoms with Gasteiger partial charge >= 0.3 is 0 Å². The van der Waals surface area contributed by atoms with Crippen molar-refractivity contribution in [1.29, 1.82) is 5.26 Å². The standard InChI is InChI=1S/C8H16N2.C2H6/c1-4-10-7-8(2,3)5-6-9;1-2/h10H,4-5,7H2,1-3H3;1-2H3. The Labute approximate surface area is 77.0 Å². The molecule has 0 saturated heterocycles. The van der Waals surface area contributed by atoms with Crippen LogP contribution in [0.5, 0.6) is 0 Å². The summed E-state index contributed by atoms with van der Waals surface area (Å²) in [6.45, 7) is 12.2. The van der Waals surface area contributed by atoms with Crippen LogP contribution < -0.4 is 5.32 Å². The van der Waals surface area contributed by atoms with Crippen LogP contribution in [0.3, 0.4) is 0 Å². The lowest BCUT2D eigenvalue weighted by molar-refractivity contribution is 0.353. The minimum absolute atomic E-state index is 0.130. The van der Waals surface area contributed by atoms with E-state index in [1.807, 2.05) is 13.8 Å². The molecule has 0 aliphatic carbocycles. The Morgan fingerprint density at radius 1 is 1.33 bits per heavy atom. The largest absolute Gasteiger partial charge is 0.316 e. The topological polar surface area (TPSA) is 35.8 Å². The van der Waals surface area contributed by atoms with Gasteiger partial charge in [-0.1, -0.05) is 34.6 Å². The zero-order valence-corrected chi connectivity index (χ0v) is 9.07. The molecule has 0 amide bonds. The number of nitrogens with zero attached hydrogens (tertiary/aromatic N) is 1. The highest BCUT2D eigenvalue weighted by Gasteiger charge is 2.15. The molecule has 2 heteroatoms. The van der Waals surface area contributed by atoms with E-state index in [4.69, 9.17) is 5.26 Å². The Bertz CT molecular complexity index is 122. The average molecular weight is 170 g/mol. The van der Waals surface area contributed by atoms with Crippen molar-refractivity contribution < 1.29 is 0 Å². The Morgan fingerprint density at radius 2 is 1.83 bits per heavy atom. The molecular formula is C10H22N2. The molecule has 0 aromatic heterocycles. The number of hydrogen-bond donors (Lipinski definition) is 1. The van der Waals surface area contributed by atoms with Crippen LogP contribution in [0.25, 0.3) is 0 Å². The lowest BCUT2D eigenvalue weighted by Gasteiger charge is -2.20. The van der Waals surface area contributed by atoms with E-state index in [9.17, 15) is 0 Å². The van der Waals surface area contributed by atoms with E-state index in [1.165, 1.54) is 0 Å². The predicted octanol–water partition coefficient (Wildman–Crippen LogP) is 2.56. The smallest absolute Gasteiger partial charge is 0.0627 e. The van der Waals surface area contributed by atoms with Gasteiger partial charge in [-0.15, -0.1) is 0 Å². The number of nitriles is 1. The van der Waals surface area contributed by atoms with Gasteiger partial charge in [0.05, 0.1) is 6.07 Å². The van der Waals surface area contributed by atoms with E-state index in [0.29, 0.717) is 6.42 Å². The van der Waals surface area contributed by atoms with E-state index < -0.39 is 0 Å². The molecule has 12 heavy (non-hydrogen) atoms. The third-order valence-electron chi connectivity index (χ3n) is 1.41. The van der Waals surface area contributed by atoms with Gasteiger partial charge in [-0.2, -0.15) is 5.26 Å². The first kappa shape index (κ1) is 14.0. The molecule has 0 saturated carbocycles. The third kappa shape index (κ3) is 9.45. The first-order valence-corrected chi connectivity index (χ1v) is 4.70. The Balaban J connectivity index is 0. The maximum absolute atomic E-state index is 8.42. The fourth-order valence-electron chi connectivity index (χ4n) is 0.740. The van der Waals surface area contributed by atoms with Gasteiger partial charge in [0.25, 0.3) is 0 Å². The summed E-state index contributed by atoms with van der Waals surface area (Å²) in [5.74, 6) is 0. The van der Waals surface area contributed by atoms with Crippen LogP contribution >= 0.6 is 0 Å². The molecule has 0 fully saturated rings. The van der Waals surface area contributed by atoms with Crippen molar-refractivity contribution in [3.8, 4) is 6.07 Å². The second kappa shape index (κ2) is 8.55. The van der Waals surface area contributed by atoms with E-state index in [2.05, 4.69) is 32.2 Å². The second-order valence-corrected chi connectivity index (χ2v) is 3.28. The SMILES string of the molecule is CC.CCNCC(C)(C)CC#N. The summed E-state index contributed by atoms with van der Waals surface area (Å²) >= 11 is 0. The van der Waals surface area contributed by atoms with Crippen LogP contribution in [0.15, 0.2) is 0 Å². The van der Waals surface area contributed by atoms with Gasteiger partial charge in [-0.3, -0.25) is 0 Å². The molecule has 0 bridgehead atoms. The summed E-state index contributed by atoms with van der Waals surface area (Å²) in [5, 5.41) is 11.6. The van der Waals surface area contributed by atoms with Gasteiger partial charge in [0.15, 0.2) is 0 Å². The van der Waals surface area contributed by atoms with E-state index in [1.54, 1.807) is 0 Å². The third-order valence-corrected chi connectivity index (χ3v) is 1.41. The highest BCUT2D eigenvalue weighted by Crippen LogP contribution is 2.17. The molecule has 0 rings (SSSR count). The molecule has 0 atom stereocenters. The van der Waals surface area contributed by atoms with Crippen LogP contribution in [0.1, 0.15) is 41.0 Å². The number of rotatable bonds is 4. The maximum Gasteiger partial charge on any atom is 0.0627 e. The fourth-order valence-corrected chi connectivity index (χ4v) is 0.740. The normalized spacial score (nSPS) is 9.67. The maximum atomic E-state index is 8.42. The van der Waals surface area contributed by atoms with Gasteiger partial charge in [0.2, 0.25) is 0 Å². The van der Waals surface area contributed by atoms with Crippen LogP contribution in [0, 0.1) is 16.7 Å². The summed E-state index contributed by atoms with van der Waals surface area (Å²) in [6.07, 6.45) is 0.625. The molecule has 0 spiro atoms. The first-order valence-electron chi connectivity index (χ1n) is 4.70. The summed E-state index contributed by atoms with van der Waals surface area (Å²) in [4.78, 5) is 0. The summed E-state index contributed by atoms with van der Waals surface area (Å²) in [5.41, 5.74) is 0.130. The Kier molecular flexibility index (Phi) is 9.97. The minimum Gasteiger partial charge on any atom is -0.316 e. The molecule has 0 heterocycles. The molecule has 0 unspecified atom stereocenters. The second-order valence-electron chi connectivity index (χ2n) is 3.28. The van der Waals surface area contributed by atoms with Gasteiger partial charge < -0.3 is 5.32 Å². The van der Waals surface area contributed by atoms with E-state index >= 15 is 0 Å². The molecule has 72 valence electrons. The van der Waals surface area contributed by atoms with Crippen molar-refractivity contribution in [3.05, 3.63) is 0 Å². The van der Waals surface area contributed by atoms with Gasteiger partial charge in [-0.25, -0.2) is 0 Å². The zero-order valence-electron chi connectivity index (χ0n) is 9.07. The van der Waals surface area contributed by atoms with E-state index in [-0.39, 0.29) is 5.41 Å². The lowest BCUT2D eigenvalue weighted by Crippen LogP contribution is -2.28. The van der Waals surface area contributed by atoms with Gasteiger partial charge in [0, 0.05) is 13.0 Å². The van der Waals surface area contributed by atoms with Crippen LogP contribution in [-0.4, -0.2) is 13.1 Å². The molecular weight excluding hydrogens is 148 g/mol. The lowest BCUT2D eigenvalue weighted by atomic mass is 9.90. The van der Waals surface area contributed by atoms with Crippen molar-refractivity contribution in [2.75, 3.05) is 13.1 Å². The quantitative estimate of drug-likeness (QED) is 0.704. The van der Waals surface area contributed by atoms with E-state index in [0.717, 1.165) is 13.1 Å². The van der Waals surface area contributed by atoms with Crippen molar-refractivity contribution in [3.63, 3.8) is 0 Å². The van der Waals surface area contributed by atoms with Crippen molar-refractivity contribution >= 4 is 0 Å². The van der Waals surface area contributed by atoms with Crippen molar-refractivity contribution in [2.24, 2.45) is 5.41 Å². The number of nitrogens with one attached hydrogen (secondary N) is 1. The van der Waals surface area contributed by atoms with Crippen LogP contribution in [0.4, 0.5) is 0 Å². The van der Waals surface area contributed by atoms with Gasteiger partial charge in [-0.05, 0) is 12.0 Å². The van der Waals surface area contributed by atoms with Gasteiger partial charge in [0.1, 0.15) is 0 Å². The molecule has 0 aliphatic heterocycles. The molecule has 0 aromatic rings. The predicted molar refractivity (Wildman–Crippen MR) is 53.9 cm³/mol. The monoisotopic (exact) mass is 170 g/mol. The summed E-state index contributed by atoms with van der Waals surface area (Å²) < 4.78 is 0. The molecule has 0 aliphatic rings. The van der Waals surface area contributed by atoms with Crippen LogP contribution in [0.2, 0.25) is 0 Å². The molecule has 1 N–H and O–H groups in total. The molecule has 0 aromatic carbocycles. The summed E-state index contributed by atoms with van der Waals surface area (Å²) in [7, 11) is 0. The average Bonchev–Trinajstić information content (AvgIpc) is 2.05. The molecule has 2 nitrogen and oxygen atoms in total. The fraction of sp³-hybridized carbons (Fsp3) is 0.900. The van der Waals surface area contributed by atoms with Crippen LogP contribution in [-0.2, 0) is 0 Å². The Morgan fingerprint density at radius 3 is 2.17 bits per heavy atom. The van der Waals surface area contributed by atoms with Crippen molar-refractivity contribution in [1.82, 2.24) is 5.32 Å². The zero-order chi connectivity index (χ0) is 10.0. The van der Waals surface area contributed by atoms with Crippen molar-refractivity contribution in [2.45, 2.75) is 41.0 Å². The highest BCUT2D eigenvalue weighted by molar-refractivity contribution is 4.83. The minimum atomic E-state index is 0.130. The summed E-state index contributed by atoms with van der Waals surface area (Å²) in [6, 6.07) is 2.18. The molecule has 0 radical (unpaired) electrons. The first-order chi connectivity index (χ1) is 5.62.